The number of nitrogens with zero attached hydrogens (tertiary/aromatic N) is 2. The molecule has 1 saturated heterocycles. The van der Waals surface area contributed by atoms with Crippen LogP contribution in [0.25, 0.3) is 0 Å². The molecular formula is C17H18ClN3O. The number of hydrogen-bond donors (Lipinski definition) is 1. The molecule has 0 saturated carbocycles. The minimum absolute atomic E-state index is 0.389. The Labute approximate surface area is 135 Å². The van der Waals surface area contributed by atoms with Crippen molar-refractivity contribution in [2.75, 3.05) is 18.4 Å². The van der Waals surface area contributed by atoms with E-state index in [2.05, 4.69) is 16.3 Å². The second-order valence-electron chi connectivity index (χ2n) is 5.68. The molecule has 0 spiro atoms. The van der Waals surface area contributed by atoms with Crippen molar-refractivity contribution in [3.63, 3.8) is 0 Å². The number of benzene rings is 1. The summed E-state index contributed by atoms with van der Waals surface area (Å²) in [4.78, 5) is 2.38. The Hall–Kier alpha value is -1.96. The number of anilines is 1. The van der Waals surface area contributed by atoms with Gasteiger partial charge in [0.1, 0.15) is 17.6 Å². The van der Waals surface area contributed by atoms with Crippen LogP contribution in [0.15, 0.2) is 34.7 Å². The third-order valence-corrected chi connectivity index (χ3v) is 4.22. The third-order valence-electron chi connectivity index (χ3n) is 3.91. The molecule has 0 radical (unpaired) electrons. The number of furan rings is 1. The predicted octanol–water partition coefficient (Wildman–Crippen LogP) is 3.80. The molecule has 3 rings (SSSR count). The van der Waals surface area contributed by atoms with Crippen LogP contribution in [0.5, 0.6) is 0 Å². The molecule has 22 heavy (non-hydrogen) atoms. The van der Waals surface area contributed by atoms with Gasteiger partial charge in [0, 0.05) is 24.8 Å². The fourth-order valence-electron chi connectivity index (χ4n) is 2.82. The topological polar surface area (TPSA) is 52.2 Å². The van der Waals surface area contributed by atoms with Gasteiger partial charge in [0.2, 0.25) is 0 Å². The van der Waals surface area contributed by atoms with E-state index in [-0.39, 0.29) is 0 Å². The van der Waals surface area contributed by atoms with Gasteiger partial charge < -0.3 is 9.73 Å². The summed E-state index contributed by atoms with van der Waals surface area (Å²) in [5.41, 5.74) is 1.47. The van der Waals surface area contributed by atoms with E-state index in [1.165, 1.54) is 0 Å². The summed E-state index contributed by atoms with van der Waals surface area (Å²) in [5.74, 6) is 1.97. The molecule has 2 aromatic rings. The van der Waals surface area contributed by atoms with Gasteiger partial charge in [-0.3, -0.25) is 4.90 Å². The molecule has 2 heterocycles. The highest BCUT2D eigenvalue weighted by Gasteiger charge is 2.23. The molecular weight excluding hydrogens is 298 g/mol. The monoisotopic (exact) mass is 315 g/mol. The van der Waals surface area contributed by atoms with Gasteiger partial charge in [-0.1, -0.05) is 11.6 Å². The zero-order valence-corrected chi connectivity index (χ0v) is 13.2. The number of likely N-dealkylation sites (tertiary alicyclic amines) is 1. The Bertz CT molecular complexity index is 704. The van der Waals surface area contributed by atoms with E-state index in [1.54, 1.807) is 6.07 Å². The normalized spacial score (nSPS) is 18.3. The SMILES string of the molecule is Cc1ccc(CN2CCC(Nc3ccc(C#N)c(Cl)c3)C2)o1. The van der Waals surface area contributed by atoms with Crippen LogP contribution in [-0.2, 0) is 6.54 Å². The fourth-order valence-corrected chi connectivity index (χ4v) is 3.04. The van der Waals surface area contributed by atoms with E-state index in [0.717, 1.165) is 43.3 Å². The zero-order valence-electron chi connectivity index (χ0n) is 12.5. The summed E-state index contributed by atoms with van der Waals surface area (Å²) in [5, 5.41) is 12.9. The quantitative estimate of drug-likeness (QED) is 0.932. The number of hydrogen-bond acceptors (Lipinski definition) is 4. The minimum atomic E-state index is 0.389. The van der Waals surface area contributed by atoms with E-state index < -0.39 is 0 Å². The third kappa shape index (κ3) is 3.44. The average molecular weight is 316 g/mol. The first-order chi connectivity index (χ1) is 10.6. The second-order valence-corrected chi connectivity index (χ2v) is 6.09. The molecule has 114 valence electrons. The molecule has 1 atom stereocenters. The van der Waals surface area contributed by atoms with Crippen molar-refractivity contribution in [2.45, 2.75) is 25.9 Å². The lowest BCUT2D eigenvalue weighted by Gasteiger charge is -2.16. The van der Waals surface area contributed by atoms with E-state index in [4.69, 9.17) is 21.3 Å². The highest BCUT2D eigenvalue weighted by molar-refractivity contribution is 6.32. The Balaban J connectivity index is 1.57. The highest BCUT2D eigenvalue weighted by Crippen LogP contribution is 2.23. The second kappa shape index (κ2) is 6.43. The molecule has 1 aliphatic rings. The molecule has 1 aliphatic heterocycles. The van der Waals surface area contributed by atoms with Crippen LogP contribution in [-0.4, -0.2) is 24.0 Å². The average Bonchev–Trinajstić information content (AvgIpc) is 3.09. The lowest BCUT2D eigenvalue weighted by molar-refractivity contribution is 0.293. The molecule has 0 aliphatic carbocycles. The lowest BCUT2D eigenvalue weighted by atomic mass is 10.2. The summed E-state index contributed by atoms with van der Waals surface area (Å²) in [6, 6.07) is 12.0. The highest BCUT2D eigenvalue weighted by atomic mass is 35.5. The molecule has 1 N–H and O–H groups in total. The largest absolute Gasteiger partial charge is 0.465 e. The van der Waals surface area contributed by atoms with Crippen molar-refractivity contribution in [3.05, 3.63) is 52.4 Å². The molecule has 1 unspecified atom stereocenters. The number of nitrogens with one attached hydrogen (secondary N) is 1. The van der Waals surface area contributed by atoms with Crippen molar-refractivity contribution in [1.29, 1.82) is 5.26 Å². The van der Waals surface area contributed by atoms with Crippen molar-refractivity contribution in [2.24, 2.45) is 0 Å². The van der Waals surface area contributed by atoms with Crippen molar-refractivity contribution in [3.8, 4) is 6.07 Å². The Kier molecular flexibility index (Phi) is 4.37. The van der Waals surface area contributed by atoms with Crippen LogP contribution in [0.1, 0.15) is 23.5 Å². The number of rotatable bonds is 4. The lowest BCUT2D eigenvalue weighted by Crippen LogP contribution is -2.25. The zero-order chi connectivity index (χ0) is 15.5. The van der Waals surface area contributed by atoms with E-state index >= 15 is 0 Å². The van der Waals surface area contributed by atoms with Crippen molar-refractivity contribution in [1.82, 2.24) is 4.90 Å². The molecule has 1 aromatic carbocycles. The minimum Gasteiger partial charge on any atom is -0.465 e. The number of aryl methyl sites for hydroxylation is 1. The first-order valence-corrected chi connectivity index (χ1v) is 7.75. The van der Waals surface area contributed by atoms with Crippen LogP contribution >= 0.6 is 11.6 Å². The Morgan fingerprint density at radius 1 is 1.41 bits per heavy atom. The predicted molar refractivity (Wildman–Crippen MR) is 86.9 cm³/mol. The standard InChI is InChI=1S/C17H18ClN3O/c1-12-2-5-16(22-12)11-21-7-6-15(10-21)20-14-4-3-13(9-19)17(18)8-14/h2-5,8,15,20H,6-7,10-11H2,1H3. The van der Waals surface area contributed by atoms with Gasteiger partial charge in [-0.2, -0.15) is 5.26 Å². The molecule has 0 amide bonds. The summed E-state index contributed by atoms with van der Waals surface area (Å²) in [7, 11) is 0. The molecule has 1 fully saturated rings. The van der Waals surface area contributed by atoms with Crippen LogP contribution in [0, 0.1) is 18.3 Å². The van der Waals surface area contributed by atoms with Gasteiger partial charge in [0.05, 0.1) is 17.1 Å². The van der Waals surface area contributed by atoms with Gasteiger partial charge in [-0.25, -0.2) is 0 Å². The summed E-state index contributed by atoms with van der Waals surface area (Å²) < 4.78 is 5.63. The van der Waals surface area contributed by atoms with Gasteiger partial charge in [0.25, 0.3) is 0 Å². The summed E-state index contributed by atoms with van der Waals surface area (Å²) in [6.45, 7) is 4.82. The van der Waals surface area contributed by atoms with Gasteiger partial charge >= 0.3 is 0 Å². The Morgan fingerprint density at radius 2 is 2.27 bits per heavy atom. The van der Waals surface area contributed by atoms with Crippen LogP contribution < -0.4 is 5.32 Å². The fraction of sp³-hybridized carbons (Fsp3) is 0.353. The van der Waals surface area contributed by atoms with Gasteiger partial charge in [0.15, 0.2) is 0 Å². The van der Waals surface area contributed by atoms with E-state index in [0.29, 0.717) is 16.6 Å². The van der Waals surface area contributed by atoms with Crippen molar-refractivity contribution >= 4 is 17.3 Å². The summed E-state index contributed by atoms with van der Waals surface area (Å²) >= 11 is 6.07. The molecule has 5 heteroatoms. The molecule has 0 bridgehead atoms. The number of halogens is 1. The van der Waals surface area contributed by atoms with Crippen LogP contribution in [0.2, 0.25) is 5.02 Å². The van der Waals surface area contributed by atoms with Crippen LogP contribution in [0.4, 0.5) is 5.69 Å². The maximum Gasteiger partial charge on any atom is 0.118 e. The molecule has 1 aromatic heterocycles. The van der Waals surface area contributed by atoms with Crippen LogP contribution in [0.3, 0.4) is 0 Å². The van der Waals surface area contributed by atoms with E-state index in [9.17, 15) is 0 Å². The maximum atomic E-state index is 8.90. The Morgan fingerprint density at radius 3 is 2.95 bits per heavy atom. The van der Waals surface area contributed by atoms with Crippen molar-refractivity contribution < 1.29 is 4.42 Å². The summed E-state index contributed by atoms with van der Waals surface area (Å²) in [6.07, 6.45) is 1.08. The molecule has 4 nitrogen and oxygen atoms in total. The van der Waals surface area contributed by atoms with Gasteiger partial charge in [-0.05, 0) is 43.7 Å². The number of nitriles is 1. The van der Waals surface area contributed by atoms with E-state index in [1.807, 2.05) is 31.2 Å². The first-order valence-electron chi connectivity index (χ1n) is 7.38. The maximum absolute atomic E-state index is 8.90. The smallest absolute Gasteiger partial charge is 0.118 e. The van der Waals surface area contributed by atoms with Gasteiger partial charge in [-0.15, -0.1) is 0 Å². The first kappa shape index (κ1) is 15.0.